The number of nitrogens with one attached hydrogen (secondary N) is 1. The van der Waals surface area contributed by atoms with E-state index < -0.39 is 0 Å². The van der Waals surface area contributed by atoms with Gasteiger partial charge in [-0.1, -0.05) is 42.5 Å². The molecule has 1 atom stereocenters. The number of piperidine rings is 1. The Morgan fingerprint density at radius 2 is 1.88 bits per heavy atom. The lowest BCUT2D eigenvalue weighted by molar-refractivity contribution is -0.132. The molecule has 2 fully saturated rings. The van der Waals surface area contributed by atoms with Crippen LogP contribution in [0.25, 0.3) is 10.8 Å². The summed E-state index contributed by atoms with van der Waals surface area (Å²) in [6.45, 7) is 2.83. The zero-order valence-corrected chi connectivity index (χ0v) is 14.9. The molecule has 1 heterocycles. The monoisotopic (exact) mass is 344 g/mol. The minimum atomic E-state index is 0. The van der Waals surface area contributed by atoms with Gasteiger partial charge in [0.25, 0.3) is 0 Å². The van der Waals surface area contributed by atoms with Crippen molar-refractivity contribution in [3.8, 4) is 0 Å². The fourth-order valence-electron chi connectivity index (χ4n) is 4.20. The summed E-state index contributed by atoms with van der Waals surface area (Å²) in [5.74, 6) is 0.587. The van der Waals surface area contributed by atoms with E-state index in [-0.39, 0.29) is 18.3 Å². The number of halogens is 1. The molecule has 1 saturated carbocycles. The van der Waals surface area contributed by atoms with Crippen LogP contribution in [-0.4, -0.2) is 30.9 Å². The molecule has 2 aromatic carbocycles. The number of carbonyl (C=O) groups is 1. The van der Waals surface area contributed by atoms with Gasteiger partial charge in [-0.3, -0.25) is 4.79 Å². The normalized spacial score (nSPS) is 21.3. The van der Waals surface area contributed by atoms with Crippen molar-refractivity contribution >= 4 is 29.1 Å². The molecule has 1 amide bonds. The second-order valence-corrected chi connectivity index (χ2v) is 7.20. The highest BCUT2D eigenvalue weighted by Gasteiger charge is 2.58. The van der Waals surface area contributed by atoms with Crippen LogP contribution in [0.15, 0.2) is 42.5 Å². The summed E-state index contributed by atoms with van der Waals surface area (Å²) < 4.78 is 0. The van der Waals surface area contributed by atoms with E-state index in [9.17, 15) is 4.79 Å². The summed E-state index contributed by atoms with van der Waals surface area (Å²) in [6, 6.07) is 14.8. The second-order valence-electron chi connectivity index (χ2n) is 7.20. The number of hydrogen-bond acceptors (Lipinski definition) is 2. The summed E-state index contributed by atoms with van der Waals surface area (Å²) in [4.78, 5) is 14.8. The lowest BCUT2D eigenvalue weighted by atomic mass is 9.91. The first-order chi connectivity index (χ1) is 11.2. The first-order valence-electron chi connectivity index (χ1n) is 8.62. The Kier molecular flexibility index (Phi) is 4.84. The van der Waals surface area contributed by atoms with Gasteiger partial charge in [0, 0.05) is 19.5 Å². The van der Waals surface area contributed by atoms with Gasteiger partial charge in [-0.05, 0) is 54.1 Å². The van der Waals surface area contributed by atoms with Gasteiger partial charge in [0.1, 0.15) is 0 Å². The molecular formula is C20H25ClN2O. The quantitative estimate of drug-likeness (QED) is 0.922. The van der Waals surface area contributed by atoms with Crippen LogP contribution < -0.4 is 5.32 Å². The highest BCUT2D eigenvalue weighted by Crippen LogP contribution is 2.59. The van der Waals surface area contributed by atoms with Crippen LogP contribution in [0.1, 0.15) is 24.8 Å². The molecule has 1 spiro atoms. The SMILES string of the molecule is CN(Cc1cccc2ccccc12)C(=O)C1CC12CCNCC2.Cl. The average molecular weight is 345 g/mol. The molecule has 1 aliphatic heterocycles. The molecule has 0 radical (unpaired) electrons. The zero-order chi connectivity index (χ0) is 15.9. The summed E-state index contributed by atoms with van der Waals surface area (Å²) in [5.41, 5.74) is 1.55. The van der Waals surface area contributed by atoms with Crippen molar-refractivity contribution in [3.63, 3.8) is 0 Å². The fourth-order valence-corrected chi connectivity index (χ4v) is 4.20. The van der Waals surface area contributed by atoms with Crippen molar-refractivity contribution < 1.29 is 4.79 Å². The summed E-state index contributed by atoms with van der Waals surface area (Å²) in [5, 5.41) is 5.90. The van der Waals surface area contributed by atoms with Crippen molar-refractivity contribution in [1.29, 1.82) is 0 Å². The van der Waals surface area contributed by atoms with Gasteiger partial charge in [-0.2, -0.15) is 0 Å². The van der Waals surface area contributed by atoms with Crippen molar-refractivity contribution in [3.05, 3.63) is 48.0 Å². The Hall–Kier alpha value is -1.58. The van der Waals surface area contributed by atoms with E-state index in [0.29, 0.717) is 17.9 Å². The van der Waals surface area contributed by atoms with Gasteiger partial charge in [0.2, 0.25) is 5.91 Å². The van der Waals surface area contributed by atoms with Gasteiger partial charge in [0.05, 0.1) is 0 Å². The van der Waals surface area contributed by atoms with Gasteiger partial charge < -0.3 is 10.2 Å². The molecule has 1 aliphatic carbocycles. The number of nitrogens with zero attached hydrogens (tertiary/aromatic N) is 1. The molecule has 1 N–H and O–H groups in total. The van der Waals surface area contributed by atoms with Crippen molar-refractivity contribution in [1.82, 2.24) is 10.2 Å². The van der Waals surface area contributed by atoms with Crippen LogP contribution >= 0.6 is 12.4 Å². The van der Waals surface area contributed by atoms with Gasteiger partial charge in [-0.15, -0.1) is 12.4 Å². The molecule has 1 unspecified atom stereocenters. The van der Waals surface area contributed by atoms with Gasteiger partial charge in [0.15, 0.2) is 0 Å². The van der Waals surface area contributed by atoms with E-state index >= 15 is 0 Å². The number of rotatable bonds is 3. The molecule has 128 valence electrons. The molecule has 4 heteroatoms. The maximum Gasteiger partial charge on any atom is 0.226 e. The lowest BCUT2D eigenvalue weighted by Crippen LogP contribution is -2.34. The first-order valence-corrected chi connectivity index (χ1v) is 8.62. The highest BCUT2D eigenvalue weighted by atomic mass is 35.5. The molecule has 2 aliphatic rings. The van der Waals surface area contributed by atoms with Crippen LogP contribution in [0.2, 0.25) is 0 Å². The zero-order valence-electron chi connectivity index (χ0n) is 14.1. The van der Waals surface area contributed by atoms with E-state index in [4.69, 9.17) is 0 Å². The van der Waals surface area contributed by atoms with Crippen LogP contribution in [-0.2, 0) is 11.3 Å². The minimum Gasteiger partial charge on any atom is -0.341 e. The van der Waals surface area contributed by atoms with Gasteiger partial charge >= 0.3 is 0 Å². The fraction of sp³-hybridized carbons (Fsp3) is 0.450. The number of amides is 1. The summed E-state index contributed by atoms with van der Waals surface area (Å²) >= 11 is 0. The Labute approximate surface area is 149 Å². The van der Waals surface area contributed by atoms with Crippen LogP contribution in [0, 0.1) is 11.3 Å². The predicted molar refractivity (Wildman–Crippen MR) is 100 cm³/mol. The molecule has 3 nitrogen and oxygen atoms in total. The number of benzene rings is 2. The lowest BCUT2D eigenvalue weighted by Gasteiger charge is -2.25. The Morgan fingerprint density at radius 1 is 1.17 bits per heavy atom. The molecule has 4 rings (SSSR count). The van der Waals surface area contributed by atoms with Crippen LogP contribution in [0.5, 0.6) is 0 Å². The Bertz CT molecular complexity index is 734. The molecule has 0 bridgehead atoms. The smallest absolute Gasteiger partial charge is 0.226 e. The van der Waals surface area contributed by atoms with E-state index in [0.717, 1.165) is 32.4 Å². The molecule has 2 aromatic rings. The third-order valence-corrected chi connectivity index (χ3v) is 5.75. The van der Waals surface area contributed by atoms with Crippen LogP contribution in [0.3, 0.4) is 0 Å². The topological polar surface area (TPSA) is 32.3 Å². The highest BCUT2D eigenvalue weighted by molar-refractivity contribution is 5.87. The average Bonchev–Trinajstić information content (AvgIpc) is 3.28. The first kappa shape index (κ1) is 17.2. The maximum atomic E-state index is 12.8. The summed E-state index contributed by atoms with van der Waals surface area (Å²) in [6.07, 6.45) is 3.41. The van der Waals surface area contributed by atoms with E-state index in [1.807, 2.05) is 11.9 Å². The number of carbonyl (C=O) groups excluding carboxylic acids is 1. The van der Waals surface area contributed by atoms with Crippen molar-refractivity contribution in [2.24, 2.45) is 11.3 Å². The Balaban J connectivity index is 0.00000169. The largest absolute Gasteiger partial charge is 0.341 e. The van der Waals surface area contributed by atoms with E-state index in [2.05, 4.69) is 47.8 Å². The number of fused-ring (bicyclic) bond motifs is 1. The number of hydrogen-bond donors (Lipinski definition) is 1. The Morgan fingerprint density at radius 3 is 2.67 bits per heavy atom. The third kappa shape index (κ3) is 3.03. The van der Waals surface area contributed by atoms with Gasteiger partial charge in [-0.25, -0.2) is 0 Å². The standard InChI is InChI=1S/C20H24N2O.ClH/c1-22(19(23)18-13-20(18)9-11-21-12-10-20)14-16-7-4-6-15-5-2-3-8-17(15)16;/h2-8,18,21H,9-14H2,1H3;1H. The third-order valence-electron chi connectivity index (χ3n) is 5.75. The van der Waals surface area contributed by atoms with E-state index in [1.165, 1.54) is 16.3 Å². The predicted octanol–water partition coefficient (Wildman–Crippen LogP) is 3.61. The van der Waals surface area contributed by atoms with Crippen molar-refractivity contribution in [2.45, 2.75) is 25.8 Å². The van der Waals surface area contributed by atoms with Crippen molar-refractivity contribution in [2.75, 3.05) is 20.1 Å². The molecular weight excluding hydrogens is 320 g/mol. The second kappa shape index (κ2) is 6.73. The summed E-state index contributed by atoms with van der Waals surface area (Å²) in [7, 11) is 1.96. The maximum absolute atomic E-state index is 12.8. The minimum absolute atomic E-state index is 0. The molecule has 1 saturated heterocycles. The molecule has 0 aromatic heterocycles. The van der Waals surface area contributed by atoms with E-state index in [1.54, 1.807) is 0 Å². The van der Waals surface area contributed by atoms with Crippen LogP contribution in [0.4, 0.5) is 0 Å². The molecule has 24 heavy (non-hydrogen) atoms.